The second-order valence-corrected chi connectivity index (χ2v) is 4.79. The molecule has 2 rings (SSSR count). The van der Waals surface area contributed by atoms with Gasteiger partial charge < -0.3 is 17.4 Å². The monoisotopic (exact) mass is 253 g/mol. The SMILES string of the molecule is O=C([S-])c1ccccc1-c1n[nH]c(=S)s1. The highest BCUT2D eigenvalue weighted by Crippen LogP contribution is 2.25. The fourth-order valence-corrected chi connectivity index (χ4v) is 2.30. The number of benzene rings is 1. The molecule has 3 nitrogen and oxygen atoms in total. The summed E-state index contributed by atoms with van der Waals surface area (Å²) < 4.78 is 0.580. The van der Waals surface area contributed by atoms with Crippen LogP contribution >= 0.6 is 23.6 Å². The molecule has 0 radical (unpaired) electrons. The molecule has 0 aliphatic rings. The van der Waals surface area contributed by atoms with E-state index in [1.807, 2.05) is 6.07 Å². The van der Waals surface area contributed by atoms with Crippen molar-refractivity contribution in [3.8, 4) is 10.6 Å². The smallest absolute Gasteiger partial charge is 0.176 e. The molecule has 0 unspecified atom stereocenters. The molecule has 0 amide bonds. The minimum absolute atomic E-state index is 0.383. The molecule has 0 aliphatic heterocycles. The maximum Gasteiger partial charge on any atom is 0.176 e. The van der Waals surface area contributed by atoms with Crippen molar-refractivity contribution in [3.05, 3.63) is 33.8 Å². The summed E-state index contributed by atoms with van der Waals surface area (Å²) in [6.07, 6.45) is 0. The lowest BCUT2D eigenvalue weighted by Crippen LogP contribution is -1.96. The number of nitrogens with one attached hydrogen (secondary N) is 1. The van der Waals surface area contributed by atoms with E-state index in [-0.39, 0.29) is 5.12 Å². The van der Waals surface area contributed by atoms with Crippen molar-refractivity contribution in [2.75, 3.05) is 0 Å². The van der Waals surface area contributed by atoms with Crippen LogP contribution in [0.25, 0.3) is 10.6 Å². The summed E-state index contributed by atoms with van der Waals surface area (Å²) in [5.41, 5.74) is 1.22. The van der Waals surface area contributed by atoms with Crippen LogP contribution in [0.3, 0.4) is 0 Å². The summed E-state index contributed by atoms with van der Waals surface area (Å²) in [7, 11) is 0. The van der Waals surface area contributed by atoms with Crippen LogP contribution in [-0.2, 0) is 12.6 Å². The molecule has 6 heteroatoms. The number of carbonyl (C=O) groups is 1. The minimum Gasteiger partial charge on any atom is -0.737 e. The maximum atomic E-state index is 11.2. The summed E-state index contributed by atoms with van der Waals surface area (Å²) in [5.74, 6) is 0. The second-order valence-electron chi connectivity index (χ2n) is 2.75. The van der Waals surface area contributed by atoms with Crippen LogP contribution in [0.1, 0.15) is 10.4 Å². The van der Waals surface area contributed by atoms with Gasteiger partial charge >= 0.3 is 0 Å². The lowest BCUT2D eigenvalue weighted by Gasteiger charge is -2.07. The maximum absolute atomic E-state index is 11.2. The summed E-state index contributed by atoms with van der Waals surface area (Å²) in [4.78, 5) is 11.2. The fourth-order valence-electron chi connectivity index (χ4n) is 1.19. The van der Waals surface area contributed by atoms with E-state index in [4.69, 9.17) is 12.2 Å². The van der Waals surface area contributed by atoms with Crippen molar-refractivity contribution in [2.24, 2.45) is 0 Å². The summed E-state index contributed by atoms with van der Waals surface area (Å²) in [5, 5.41) is 7.00. The van der Waals surface area contributed by atoms with E-state index in [1.165, 1.54) is 11.3 Å². The first-order valence-corrected chi connectivity index (χ1v) is 5.68. The zero-order valence-electron chi connectivity index (χ0n) is 7.39. The third-order valence-electron chi connectivity index (χ3n) is 1.82. The Morgan fingerprint density at radius 3 is 2.80 bits per heavy atom. The van der Waals surface area contributed by atoms with E-state index in [9.17, 15) is 4.79 Å². The Morgan fingerprint density at radius 1 is 1.47 bits per heavy atom. The van der Waals surface area contributed by atoms with Gasteiger partial charge in [0.15, 0.2) is 3.95 Å². The third-order valence-corrected chi connectivity index (χ3v) is 3.16. The lowest BCUT2D eigenvalue weighted by molar-refractivity contribution is 0.109. The van der Waals surface area contributed by atoms with E-state index in [2.05, 4.69) is 22.8 Å². The van der Waals surface area contributed by atoms with Gasteiger partial charge in [-0.15, -0.1) is 0 Å². The molecule has 1 aromatic carbocycles. The van der Waals surface area contributed by atoms with E-state index in [1.54, 1.807) is 18.2 Å². The summed E-state index contributed by atoms with van der Waals surface area (Å²) in [6, 6.07) is 7.10. The van der Waals surface area contributed by atoms with Gasteiger partial charge in [0.2, 0.25) is 0 Å². The number of hydrogen-bond acceptors (Lipinski definition) is 5. The van der Waals surface area contributed by atoms with Crippen LogP contribution in [0.2, 0.25) is 0 Å². The molecule has 0 bridgehead atoms. The number of aromatic nitrogens is 2. The van der Waals surface area contributed by atoms with Gasteiger partial charge in [0, 0.05) is 16.2 Å². The van der Waals surface area contributed by atoms with Gasteiger partial charge in [-0.2, -0.15) is 5.10 Å². The van der Waals surface area contributed by atoms with Crippen molar-refractivity contribution in [1.82, 2.24) is 10.2 Å². The quantitative estimate of drug-likeness (QED) is 0.660. The first-order chi connectivity index (χ1) is 7.18. The first kappa shape index (κ1) is 10.4. The molecule has 0 saturated carbocycles. The molecule has 2 aromatic rings. The average Bonchev–Trinajstić information content (AvgIpc) is 2.65. The van der Waals surface area contributed by atoms with Crippen molar-refractivity contribution >= 4 is 41.3 Å². The summed E-state index contributed by atoms with van der Waals surface area (Å²) >= 11 is 10.9. The Balaban J connectivity index is 2.62. The molecule has 1 aromatic heterocycles. The second kappa shape index (κ2) is 4.18. The molecule has 0 aliphatic carbocycles. The van der Waals surface area contributed by atoms with Gasteiger partial charge in [0.25, 0.3) is 0 Å². The molecule has 0 saturated heterocycles. The number of nitrogens with zero attached hydrogens (tertiary/aromatic N) is 1. The van der Waals surface area contributed by atoms with Gasteiger partial charge in [-0.1, -0.05) is 35.6 Å². The van der Waals surface area contributed by atoms with Gasteiger partial charge in [0.05, 0.1) is 0 Å². The molecular weight excluding hydrogens is 248 g/mol. The number of carbonyl (C=O) groups excluding carboxylic acids is 1. The van der Waals surface area contributed by atoms with E-state index < -0.39 is 0 Å². The lowest BCUT2D eigenvalue weighted by atomic mass is 10.1. The van der Waals surface area contributed by atoms with E-state index in [0.29, 0.717) is 14.5 Å². The van der Waals surface area contributed by atoms with E-state index >= 15 is 0 Å². The van der Waals surface area contributed by atoms with Crippen molar-refractivity contribution in [3.63, 3.8) is 0 Å². The molecule has 1 N–H and O–H groups in total. The highest BCUT2D eigenvalue weighted by molar-refractivity contribution is 7.77. The molecule has 1 heterocycles. The predicted molar refractivity (Wildman–Crippen MR) is 64.4 cm³/mol. The Morgan fingerprint density at radius 2 is 2.20 bits per heavy atom. The Bertz CT molecular complexity index is 558. The third kappa shape index (κ3) is 2.11. The zero-order chi connectivity index (χ0) is 10.8. The van der Waals surface area contributed by atoms with Crippen LogP contribution in [0.15, 0.2) is 24.3 Å². The van der Waals surface area contributed by atoms with Crippen LogP contribution in [0.5, 0.6) is 0 Å². The topological polar surface area (TPSA) is 45.8 Å². The Hall–Kier alpha value is -1.11. The van der Waals surface area contributed by atoms with Gasteiger partial charge in [-0.25, -0.2) is 0 Å². The zero-order valence-corrected chi connectivity index (χ0v) is 9.84. The largest absolute Gasteiger partial charge is 0.737 e. The van der Waals surface area contributed by atoms with Crippen molar-refractivity contribution in [1.29, 1.82) is 0 Å². The van der Waals surface area contributed by atoms with Crippen LogP contribution in [-0.4, -0.2) is 15.3 Å². The Labute approximate surface area is 101 Å². The molecule has 0 atom stereocenters. The number of rotatable bonds is 2. The highest BCUT2D eigenvalue weighted by atomic mass is 32.1. The molecule has 15 heavy (non-hydrogen) atoms. The van der Waals surface area contributed by atoms with Crippen LogP contribution in [0.4, 0.5) is 0 Å². The highest BCUT2D eigenvalue weighted by Gasteiger charge is 2.07. The number of aromatic amines is 1. The first-order valence-electron chi connectivity index (χ1n) is 4.05. The fraction of sp³-hybridized carbons (Fsp3) is 0. The van der Waals surface area contributed by atoms with Gasteiger partial charge in [-0.3, -0.25) is 5.10 Å². The molecule has 0 fully saturated rings. The predicted octanol–water partition coefficient (Wildman–Crippen LogP) is 2.55. The number of H-pyrrole nitrogens is 1. The van der Waals surface area contributed by atoms with Gasteiger partial charge in [0.1, 0.15) is 5.01 Å². The average molecular weight is 253 g/mol. The summed E-state index contributed by atoms with van der Waals surface area (Å²) in [6.45, 7) is 0. The minimum atomic E-state index is -0.383. The van der Waals surface area contributed by atoms with Crippen molar-refractivity contribution < 1.29 is 4.79 Å². The van der Waals surface area contributed by atoms with Gasteiger partial charge in [-0.05, 0) is 12.2 Å². The molecule has 0 spiro atoms. The number of hydrogen-bond donors (Lipinski definition) is 1. The Kier molecular flexibility index (Phi) is 2.90. The molecular formula is C9H5N2OS3-. The van der Waals surface area contributed by atoms with Crippen LogP contribution < -0.4 is 0 Å². The molecule has 76 valence electrons. The van der Waals surface area contributed by atoms with Crippen LogP contribution in [0, 0.1) is 3.95 Å². The van der Waals surface area contributed by atoms with E-state index in [0.717, 1.165) is 5.56 Å². The van der Waals surface area contributed by atoms with Crippen molar-refractivity contribution in [2.45, 2.75) is 0 Å². The standard InChI is InChI=1S/C9H6N2OS3/c12-8(13)6-4-2-1-3-5(6)7-10-11-9(14)15-7/h1-4H,(H,11,14)(H,12,13)/p-1. The normalized spacial score (nSPS) is 10.1.